The number of aryl methyl sites for hydroxylation is 1. The van der Waals surface area contributed by atoms with Crippen LogP contribution in [0.1, 0.15) is 23.9 Å². The minimum absolute atomic E-state index is 0.875. The highest BCUT2D eigenvalue weighted by Crippen LogP contribution is 2.30. The number of rotatable bonds is 5. The maximum atomic E-state index is 4.83. The van der Waals surface area contributed by atoms with Crippen molar-refractivity contribution in [2.75, 3.05) is 7.05 Å². The van der Waals surface area contributed by atoms with Crippen molar-refractivity contribution in [1.82, 2.24) is 20.3 Å². The van der Waals surface area contributed by atoms with Crippen molar-refractivity contribution in [2.45, 2.75) is 26.3 Å². The van der Waals surface area contributed by atoms with E-state index >= 15 is 0 Å². The molecular formula is C16H18N4S. The molecule has 0 aliphatic carbocycles. The molecule has 1 aromatic carbocycles. The third-order valence-corrected chi connectivity index (χ3v) is 4.47. The Morgan fingerprint density at radius 2 is 1.95 bits per heavy atom. The van der Waals surface area contributed by atoms with Crippen LogP contribution in [0.25, 0.3) is 21.6 Å². The zero-order valence-electron chi connectivity index (χ0n) is 12.3. The Hall–Kier alpha value is -1.85. The Kier molecular flexibility index (Phi) is 4.22. The first-order chi connectivity index (χ1) is 10.3. The molecule has 1 N–H and O–H groups in total. The highest BCUT2D eigenvalue weighted by molar-refractivity contribution is 7.15. The van der Waals surface area contributed by atoms with Crippen LogP contribution >= 0.6 is 11.3 Å². The fraction of sp³-hybridized carbons (Fsp3) is 0.312. The van der Waals surface area contributed by atoms with Crippen molar-refractivity contribution in [3.05, 3.63) is 41.2 Å². The first-order valence-corrected chi connectivity index (χ1v) is 7.97. The van der Waals surface area contributed by atoms with Crippen molar-refractivity contribution in [3.63, 3.8) is 0 Å². The molecule has 3 aromatic rings. The van der Waals surface area contributed by atoms with Crippen LogP contribution in [-0.2, 0) is 13.0 Å². The molecule has 2 aromatic heterocycles. The quantitative estimate of drug-likeness (QED) is 0.784. The van der Waals surface area contributed by atoms with Gasteiger partial charge < -0.3 is 5.32 Å². The van der Waals surface area contributed by atoms with Gasteiger partial charge in [0.15, 0.2) is 0 Å². The summed E-state index contributed by atoms with van der Waals surface area (Å²) in [6.07, 6.45) is 5.59. The molecule has 0 saturated carbocycles. The van der Waals surface area contributed by atoms with Crippen LogP contribution in [0.4, 0.5) is 0 Å². The molecule has 0 amide bonds. The second-order valence-electron chi connectivity index (χ2n) is 4.93. The highest BCUT2D eigenvalue weighted by Gasteiger charge is 2.12. The molecule has 0 aliphatic rings. The van der Waals surface area contributed by atoms with E-state index in [-0.39, 0.29) is 0 Å². The number of fused-ring (bicyclic) bond motifs is 1. The van der Waals surface area contributed by atoms with E-state index in [0.29, 0.717) is 0 Å². The Labute approximate surface area is 128 Å². The molecule has 0 saturated heterocycles. The summed E-state index contributed by atoms with van der Waals surface area (Å²) < 4.78 is 0. The Morgan fingerprint density at radius 1 is 1.14 bits per heavy atom. The molecule has 5 heteroatoms. The zero-order chi connectivity index (χ0) is 14.7. The largest absolute Gasteiger partial charge is 0.315 e. The molecule has 3 rings (SSSR count). The molecule has 0 spiro atoms. The summed E-state index contributed by atoms with van der Waals surface area (Å²) in [5, 5.41) is 4.29. The SMILES string of the molecule is CCCc1nc(-c2ccc3nccnc3c2)sc1CNC. The van der Waals surface area contributed by atoms with Crippen LogP contribution in [0, 0.1) is 0 Å². The standard InChI is InChI=1S/C16H18N4S/c1-3-4-13-15(10-17-2)21-16(20-13)11-5-6-12-14(9-11)19-8-7-18-12/h5-9,17H,3-4,10H2,1-2H3. The normalized spacial score (nSPS) is 11.1. The van der Waals surface area contributed by atoms with Crippen molar-refractivity contribution < 1.29 is 0 Å². The minimum atomic E-state index is 0.875. The second kappa shape index (κ2) is 6.28. The lowest BCUT2D eigenvalue weighted by atomic mass is 10.2. The van der Waals surface area contributed by atoms with E-state index in [1.807, 2.05) is 13.1 Å². The number of thiazole rings is 1. The third-order valence-electron chi connectivity index (χ3n) is 3.32. The molecule has 0 fully saturated rings. The van der Waals surface area contributed by atoms with Gasteiger partial charge in [-0.15, -0.1) is 11.3 Å². The van der Waals surface area contributed by atoms with Crippen LogP contribution in [0.5, 0.6) is 0 Å². The van der Waals surface area contributed by atoms with Crippen molar-refractivity contribution >= 4 is 22.4 Å². The second-order valence-corrected chi connectivity index (χ2v) is 6.01. The van der Waals surface area contributed by atoms with E-state index in [0.717, 1.165) is 41.0 Å². The van der Waals surface area contributed by atoms with E-state index in [1.54, 1.807) is 23.7 Å². The summed E-state index contributed by atoms with van der Waals surface area (Å²) in [6.45, 7) is 3.06. The first-order valence-electron chi connectivity index (χ1n) is 7.16. The van der Waals surface area contributed by atoms with Crippen molar-refractivity contribution in [1.29, 1.82) is 0 Å². The average molecular weight is 298 g/mol. The van der Waals surface area contributed by atoms with Crippen LogP contribution in [0.3, 0.4) is 0 Å². The summed E-state index contributed by atoms with van der Waals surface area (Å²) in [6, 6.07) is 6.16. The molecule has 0 unspecified atom stereocenters. The lowest BCUT2D eigenvalue weighted by Gasteiger charge is -1.99. The molecule has 108 valence electrons. The third kappa shape index (κ3) is 2.94. The van der Waals surface area contributed by atoms with Gasteiger partial charge in [-0.1, -0.05) is 13.3 Å². The van der Waals surface area contributed by atoms with Crippen molar-refractivity contribution in [3.8, 4) is 10.6 Å². The molecule has 21 heavy (non-hydrogen) atoms. The van der Waals surface area contributed by atoms with E-state index in [1.165, 1.54) is 10.6 Å². The predicted molar refractivity (Wildman–Crippen MR) is 87.4 cm³/mol. The van der Waals surface area contributed by atoms with Crippen LogP contribution < -0.4 is 5.32 Å². The smallest absolute Gasteiger partial charge is 0.123 e. The maximum Gasteiger partial charge on any atom is 0.123 e. The zero-order valence-corrected chi connectivity index (χ0v) is 13.1. The molecular weight excluding hydrogens is 280 g/mol. The van der Waals surface area contributed by atoms with E-state index in [4.69, 9.17) is 4.98 Å². The summed E-state index contributed by atoms with van der Waals surface area (Å²) in [5.41, 5.74) is 4.17. The molecule has 0 atom stereocenters. The van der Waals surface area contributed by atoms with Gasteiger partial charge in [-0.05, 0) is 31.7 Å². The maximum absolute atomic E-state index is 4.83. The lowest BCUT2D eigenvalue weighted by molar-refractivity contribution is 0.798. The van der Waals surface area contributed by atoms with Gasteiger partial charge in [0.05, 0.1) is 16.7 Å². The number of nitrogens with zero attached hydrogens (tertiary/aromatic N) is 3. The number of aromatic nitrogens is 3. The molecule has 0 bridgehead atoms. The highest BCUT2D eigenvalue weighted by atomic mass is 32.1. The Morgan fingerprint density at radius 3 is 2.71 bits per heavy atom. The summed E-state index contributed by atoms with van der Waals surface area (Å²) in [7, 11) is 1.97. The summed E-state index contributed by atoms with van der Waals surface area (Å²) in [4.78, 5) is 14.8. The monoisotopic (exact) mass is 298 g/mol. The van der Waals surface area contributed by atoms with Gasteiger partial charge >= 0.3 is 0 Å². The number of hydrogen-bond donors (Lipinski definition) is 1. The van der Waals surface area contributed by atoms with E-state index in [9.17, 15) is 0 Å². The topological polar surface area (TPSA) is 50.7 Å². The number of hydrogen-bond acceptors (Lipinski definition) is 5. The summed E-state index contributed by atoms with van der Waals surface area (Å²) in [5.74, 6) is 0. The van der Waals surface area contributed by atoms with E-state index in [2.05, 4.69) is 34.3 Å². The van der Waals surface area contributed by atoms with Gasteiger partial charge in [-0.3, -0.25) is 9.97 Å². The fourth-order valence-electron chi connectivity index (χ4n) is 2.33. The van der Waals surface area contributed by atoms with Gasteiger partial charge in [0.1, 0.15) is 5.01 Å². The van der Waals surface area contributed by atoms with Gasteiger partial charge in [0.2, 0.25) is 0 Å². The van der Waals surface area contributed by atoms with Gasteiger partial charge in [-0.25, -0.2) is 4.98 Å². The minimum Gasteiger partial charge on any atom is -0.315 e. The van der Waals surface area contributed by atoms with Gasteiger partial charge in [0, 0.05) is 29.4 Å². The fourth-order valence-corrected chi connectivity index (χ4v) is 3.45. The Balaban J connectivity index is 2.02. The van der Waals surface area contributed by atoms with Crippen molar-refractivity contribution in [2.24, 2.45) is 0 Å². The lowest BCUT2D eigenvalue weighted by Crippen LogP contribution is -2.05. The van der Waals surface area contributed by atoms with Crippen LogP contribution in [0.15, 0.2) is 30.6 Å². The Bertz CT molecular complexity index is 727. The van der Waals surface area contributed by atoms with E-state index < -0.39 is 0 Å². The van der Waals surface area contributed by atoms with Gasteiger partial charge in [-0.2, -0.15) is 0 Å². The first kappa shape index (κ1) is 14.1. The molecule has 0 aliphatic heterocycles. The molecule has 0 radical (unpaired) electrons. The summed E-state index contributed by atoms with van der Waals surface area (Å²) >= 11 is 1.76. The van der Waals surface area contributed by atoms with Crippen LogP contribution in [-0.4, -0.2) is 22.0 Å². The number of benzene rings is 1. The average Bonchev–Trinajstić information content (AvgIpc) is 2.91. The molecule has 2 heterocycles. The van der Waals surface area contributed by atoms with Gasteiger partial charge in [0.25, 0.3) is 0 Å². The number of nitrogens with one attached hydrogen (secondary N) is 1. The van der Waals surface area contributed by atoms with Crippen LogP contribution in [0.2, 0.25) is 0 Å². The predicted octanol–water partition coefficient (Wildman–Crippen LogP) is 3.43. The molecule has 4 nitrogen and oxygen atoms in total.